The first-order valence-corrected chi connectivity index (χ1v) is 22.4. The van der Waals surface area contributed by atoms with Crippen LogP contribution in [-0.2, 0) is 23.8 Å². The highest BCUT2D eigenvalue weighted by Gasteiger charge is 2.44. The maximum Gasteiger partial charge on any atom is 0.407 e. The minimum atomic E-state index is -1.22. The SMILES string of the molecule is COC(=O)N[C@H](C(=O)N1[C@H](c2ncc(-c3ccc4cc(-c5ccc(-c6cnc([C@@H]7CCN(C)N7C(=O)[C@@H](NC(=O)O)C7CCOCC7)[nH]6)cc5)ccc4c3)[nH]2)CCN1C)C1CCOCC1. The zero-order chi connectivity index (χ0) is 45.2. The molecule has 0 aliphatic carbocycles. The van der Waals surface area contributed by atoms with Gasteiger partial charge in [-0.1, -0.05) is 48.5 Å². The van der Waals surface area contributed by atoms with Crippen LogP contribution in [0.5, 0.6) is 0 Å². The highest BCUT2D eigenvalue weighted by Crippen LogP contribution is 2.37. The van der Waals surface area contributed by atoms with Gasteiger partial charge in [0.1, 0.15) is 35.8 Å². The number of aromatic nitrogens is 4. The number of hydrazine groups is 2. The predicted octanol–water partition coefficient (Wildman–Crippen LogP) is 5.74. The van der Waals surface area contributed by atoms with E-state index in [9.17, 15) is 24.3 Å². The Labute approximate surface area is 376 Å². The molecular formula is C47H56N10O8. The van der Waals surface area contributed by atoms with Crippen LogP contribution in [0.4, 0.5) is 9.59 Å². The summed E-state index contributed by atoms with van der Waals surface area (Å²) >= 11 is 0. The van der Waals surface area contributed by atoms with Crippen LogP contribution in [0.1, 0.15) is 62.3 Å². The number of imidazole rings is 2. The van der Waals surface area contributed by atoms with Crippen molar-refractivity contribution in [3.8, 4) is 33.6 Å². The third-order valence-corrected chi connectivity index (χ3v) is 13.5. The predicted molar refractivity (Wildman–Crippen MR) is 240 cm³/mol. The second kappa shape index (κ2) is 19.0. The highest BCUT2D eigenvalue weighted by molar-refractivity contribution is 5.91. The number of carboxylic acid groups (broad SMARTS) is 1. The van der Waals surface area contributed by atoms with Crippen molar-refractivity contribution < 1.29 is 38.5 Å². The van der Waals surface area contributed by atoms with Crippen molar-refractivity contribution in [2.75, 3.05) is 60.7 Å². The fraction of sp³-hybridized carbons (Fsp3) is 0.447. The maximum absolute atomic E-state index is 14.2. The number of carbonyl (C=O) groups excluding carboxylic acids is 3. The zero-order valence-corrected chi connectivity index (χ0v) is 36.9. The number of hydrogen-bond donors (Lipinski definition) is 5. The first kappa shape index (κ1) is 43.9. The fourth-order valence-corrected chi connectivity index (χ4v) is 9.91. The van der Waals surface area contributed by atoms with Crippen LogP contribution in [0.2, 0.25) is 0 Å². The molecule has 6 heterocycles. The Kier molecular flexibility index (Phi) is 12.8. The van der Waals surface area contributed by atoms with Crippen molar-refractivity contribution in [2.24, 2.45) is 11.8 Å². The summed E-state index contributed by atoms with van der Waals surface area (Å²) in [5.41, 5.74) is 5.70. The topological polar surface area (TPSA) is 211 Å². The van der Waals surface area contributed by atoms with Gasteiger partial charge in [-0.15, -0.1) is 0 Å². The first-order valence-electron chi connectivity index (χ1n) is 22.4. The monoisotopic (exact) mass is 888 g/mol. The molecule has 0 spiro atoms. The summed E-state index contributed by atoms with van der Waals surface area (Å²) in [4.78, 5) is 68.7. The summed E-state index contributed by atoms with van der Waals surface area (Å²) in [6.07, 6.45) is 5.62. The van der Waals surface area contributed by atoms with Crippen LogP contribution >= 0.6 is 0 Å². The van der Waals surface area contributed by atoms with Crippen LogP contribution in [0, 0.1) is 11.8 Å². The van der Waals surface area contributed by atoms with Crippen molar-refractivity contribution in [3.05, 3.63) is 84.7 Å². The number of fused-ring (bicyclic) bond motifs is 1. The summed E-state index contributed by atoms with van der Waals surface area (Å²) in [5.74, 6) is 0.630. The van der Waals surface area contributed by atoms with Gasteiger partial charge in [-0.05, 0) is 90.0 Å². The Morgan fingerprint density at radius 1 is 0.646 bits per heavy atom. The van der Waals surface area contributed by atoms with E-state index in [-0.39, 0.29) is 35.7 Å². The number of carbonyl (C=O) groups is 4. The van der Waals surface area contributed by atoms with E-state index in [1.807, 2.05) is 30.3 Å². The van der Waals surface area contributed by atoms with Gasteiger partial charge in [0.2, 0.25) is 0 Å². The number of methoxy groups -OCH3 is 1. The largest absolute Gasteiger partial charge is 0.465 e. The molecule has 65 heavy (non-hydrogen) atoms. The lowest BCUT2D eigenvalue weighted by Gasteiger charge is -2.36. The molecule has 0 radical (unpaired) electrons. The average molecular weight is 889 g/mol. The molecule has 18 nitrogen and oxygen atoms in total. The minimum absolute atomic E-state index is 0.0720. The second-order valence-corrected chi connectivity index (χ2v) is 17.4. The van der Waals surface area contributed by atoms with Gasteiger partial charge in [0, 0.05) is 59.2 Å². The van der Waals surface area contributed by atoms with E-state index in [1.54, 1.807) is 16.2 Å². The Hall–Kier alpha value is -6.34. The Balaban J connectivity index is 0.877. The van der Waals surface area contributed by atoms with Crippen LogP contribution in [0.25, 0.3) is 44.4 Å². The van der Waals surface area contributed by atoms with Gasteiger partial charge in [0.25, 0.3) is 11.8 Å². The first-order chi connectivity index (χ1) is 31.6. The maximum atomic E-state index is 14.2. The van der Waals surface area contributed by atoms with E-state index in [4.69, 9.17) is 24.2 Å². The Morgan fingerprint density at radius 3 is 1.60 bits per heavy atom. The van der Waals surface area contributed by atoms with Gasteiger partial charge < -0.3 is 39.9 Å². The van der Waals surface area contributed by atoms with E-state index >= 15 is 0 Å². The molecule has 342 valence electrons. The van der Waals surface area contributed by atoms with E-state index in [0.717, 1.165) is 44.4 Å². The number of rotatable bonds is 11. The van der Waals surface area contributed by atoms with Gasteiger partial charge in [0.15, 0.2) is 0 Å². The zero-order valence-electron chi connectivity index (χ0n) is 36.9. The molecule has 2 aromatic heterocycles. The molecule has 5 aromatic rings. The molecular weight excluding hydrogens is 833 g/mol. The standard InChI is InChI=1S/C47H56N10O8/c1-54-18-12-38(56(54)44(58)40(52-46(60)61)30-14-20-64-21-15-30)42-48-26-36(50-42)29-6-4-28(5-7-29)32-8-9-34-25-35(11-10-33(34)24-32)37-27-49-43(51-37)39-13-19-55(2)57(39)45(59)41(53-47(62)63-3)31-16-22-65-23-17-31/h4-11,24-27,30-31,38-41,52H,12-23H2,1-3H3,(H,48,50)(H,49,51)(H,53,62)(H,60,61)/t38-,39-,40-,41-/m0/s1. The summed E-state index contributed by atoms with van der Waals surface area (Å²) in [6.45, 7) is 3.36. The molecule has 4 saturated heterocycles. The molecule has 0 bridgehead atoms. The van der Waals surface area contributed by atoms with Crippen molar-refractivity contribution in [2.45, 2.75) is 62.7 Å². The molecule has 4 amide bonds. The second-order valence-electron chi connectivity index (χ2n) is 17.4. The molecule has 4 aliphatic rings. The quantitative estimate of drug-likeness (QED) is 0.108. The highest BCUT2D eigenvalue weighted by atomic mass is 16.5. The van der Waals surface area contributed by atoms with Crippen LogP contribution in [0.15, 0.2) is 73.1 Å². The van der Waals surface area contributed by atoms with E-state index in [0.29, 0.717) is 89.7 Å². The van der Waals surface area contributed by atoms with E-state index in [1.165, 1.54) is 7.11 Å². The number of nitrogens with zero attached hydrogens (tertiary/aromatic N) is 6. The molecule has 4 atom stereocenters. The normalized spacial score (nSPS) is 21.1. The minimum Gasteiger partial charge on any atom is -0.465 e. The molecule has 0 saturated carbocycles. The molecule has 4 aliphatic heterocycles. The molecule has 3 aromatic carbocycles. The smallest absolute Gasteiger partial charge is 0.407 e. The van der Waals surface area contributed by atoms with Gasteiger partial charge >= 0.3 is 12.2 Å². The number of benzene rings is 3. The summed E-state index contributed by atoms with van der Waals surface area (Å²) in [5, 5.41) is 24.2. The van der Waals surface area contributed by atoms with E-state index in [2.05, 4.69) is 81.3 Å². The van der Waals surface area contributed by atoms with Crippen molar-refractivity contribution in [3.63, 3.8) is 0 Å². The van der Waals surface area contributed by atoms with Crippen molar-refractivity contribution in [1.82, 2.24) is 50.6 Å². The van der Waals surface area contributed by atoms with Gasteiger partial charge in [0.05, 0.1) is 30.9 Å². The van der Waals surface area contributed by atoms with E-state index < -0.39 is 24.3 Å². The number of ether oxygens (including phenoxy) is 3. The molecule has 18 heteroatoms. The van der Waals surface area contributed by atoms with Crippen LogP contribution in [-0.4, -0.2) is 142 Å². The van der Waals surface area contributed by atoms with Crippen LogP contribution < -0.4 is 10.6 Å². The van der Waals surface area contributed by atoms with Gasteiger partial charge in [-0.25, -0.2) is 29.6 Å². The molecule has 5 N–H and O–H groups in total. The fourth-order valence-electron chi connectivity index (χ4n) is 9.91. The third-order valence-electron chi connectivity index (χ3n) is 13.5. The Morgan fingerprint density at radius 2 is 1.09 bits per heavy atom. The lowest BCUT2D eigenvalue weighted by Crippen LogP contribution is -2.55. The summed E-state index contributed by atoms with van der Waals surface area (Å²) in [6, 6.07) is 18.6. The summed E-state index contributed by atoms with van der Waals surface area (Å²) in [7, 11) is 5.03. The number of alkyl carbamates (subject to hydrolysis) is 1. The number of nitrogens with one attached hydrogen (secondary N) is 4. The number of amides is 4. The molecule has 0 unspecified atom stereocenters. The van der Waals surface area contributed by atoms with Crippen molar-refractivity contribution >= 4 is 34.8 Å². The van der Waals surface area contributed by atoms with Gasteiger partial charge in [-0.3, -0.25) is 19.6 Å². The molecule has 4 fully saturated rings. The lowest BCUT2D eigenvalue weighted by atomic mass is 9.90. The number of aromatic amines is 2. The number of hydrogen-bond acceptors (Lipinski definition) is 11. The Bertz CT molecular complexity index is 2510. The van der Waals surface area contributed by atoms with Crippen molar-refractivity contribution in [1.29, 1.82) is 0 Å². The lowest BCUT2D eigenvalue weighted by molar-refractivity contribution is -0.151. The van der Waals surface area contributed by atoms with Gasteiger partial charge in [-0.2, -0.15) is 0 Å². The number of H-pyrrole nitrogens is 2. The average Bonchev–Trinajstić information content (AvgIpc) is 4.17. The summed E-state index contributed by atoms with van der Waals surface area (Å²) < 4.78 is 15.9. The van der Waals surface area contributed by atoms with Crippen LogP contribution in [0.3, 0.4) is 0 Å². The molecule has 9 rings (SSSR count). The third kappa shape index (κ3) is 9.16.